The Morgan fingerprint density at radius 2 is 1.84 bits per heavy atom. The summed E-state index contributed by atoms with van der Waals surface area (Å²) in [6.07, 6.45) is -4.55. The third-order valence-corrected chi connectivity index (χ3v) is 3.55. The van der Waals surface area contributed by atoms with Crippen molar-refractivity contribution in [3.63, 3.8) is 0 Å². The standard InChI is InChI=1S/C16H18F3N3O3/c1-9-5-10(16(17,18)19)6-12(24)14(9)11-3-4-13(22-21-11)20-7-15(2,25)8-23/h3-6,23-25H,7-8H2,1-2H3,(H,20,22). The van der Waals surface area contributed by atoms with Gasteiger partial charge in [-0.25, -0.2) is 0 Å². The number of rotatable bonds is 5. The SMILES string of the molecule is Cc1cc(C(F)(F)F)cc(O)c1-c1ccc(NCC(C)(O)CO)nn1. The number of alkyl halides is 3. The van der Waals surface area contributed by atoms with E-state index < -0.39 is 29.7 Å². The van der Waals surface area contributed by atoms with Crippen LogP contribution in [0.25, 0.3) is 11.3 Å². The Hall–Kier alpha value is -2.39. The average molecular weight is 357 g/mol. The molecular weight excluding hydrogens is 339 g/mol. The largest absolute Gasteiger partial charge is 0.507 e. The number of anilines is 1. The van der Waals surface area contributed by atoms with Gasteiger partial charge in [-0.05, 0) is 43.7 Å². The Kier molecular flexibility index (Phi) is 5.19. The second kappa shape index (κ2) is 6.85. The van der Waals surface area contributed by atoms with E-state index in [2.05, 4.69) is 15.5 Å². The third kappa shape index (κ3) is 4.58. The molecule has 0 saturated carbocycles. The normalized spacial score (nSPS) is 14.2. The van der Waals surface area contributed by atoms with Gasteiger partial charge in [0, 0.05) is 12.1 Å². The van der Waals surface area contributed by atoms with Crippen LogP contribution in [0.1, 0.15) is 18.1 Å². The van der Waals surface area contributed by atoms with Gasteiger partial charge in [0.1, 0.15) is 17.2 Å². The molecule has 0 aliphatic carbocycles. The van der Waals surface area contributed by atoms with Crippen molar-refractivity contribution in [3.05, 3.63) is 35.4 Å². The number of aromatic nitrogens is 2. The topological polar surface area (TPSA) is 98.5 Å². The van der Waals surface area contributed by atoms with Crippen LogP contribution in [0.15, 0.2) is 24.3 Å². The van der Waals surface area contributed by atoms with E-state index in [4.69, 9.17) is 5.11 Å². The first-order chi connectivity index (χ1) is 11.5. The number of phenols is 1. The summed E-state index contributed by atoms with van der Waals surface area (Å²) < 4.78 is 38.3. The van der Waals surface area contributed by atoms with Crippen molar-refractivity contribution in [2.45, 2.75) is 25.6 Å². The number of halogens is 3. The molecule has 0 radical (unpaired) electrons. The molecule has 9 heteroatoms. The molecule has 2 aromatic rings. The summed E-state index contributed by atoms with van der Waals surface area (Å²) in [4.78, 5) is 0. The number of aliphatic hydroxyl groups is 2. The van der Waals surface area contributed by atoms with Gasteiger partial charge < -0.3 is 20.6 Å². The first-order valence-electron chi connectivity index (χ1n) is 7.35. The molecule has 0 saturated heterocycles. The fourth-order valence-corrected chi connectivity index (χ4v) is 2.16. The molecule has 1 unspecified atom stereocenters. The smallest absolute Gasteiger partial charge is 0.416 e. The number of nitrogens with one attached hydrogen (secondary N) is 1. The van der Waals surface area contributed by atoms with Gasteiger partial charge in [-0.1, -0.05) is 0 Å². The van der Waals surface area contributed by atoms with Crippen molar-refractivity contribution in [3.8, 4) is 17.0 Å². The Morgan fingerprint density at radius 3 is 2.32 bits per heavy atom. The van der Waals surface area contributed by atoms with Gasteiger partial charge >= 0.3 is 6.18 Å². The van der Waals surface area contributed by atoms with E-state index in [1.807, 2.05) is 0 Å². The molecule has 1 heterocycles. The lowest BCUT2D eigenvalue weighted by Gasteiger charge is -2.20. The summed E-state index contributed by atoms with van der Waals surface area (Å²) in [7, 11) is 0. The van der Waals surface area contributed by atoms with E-state index in [0.29, 0.717) is 11.9 Å². The molecule has 6 nitrogen and oxygen atoms in total. The monoisotopic (exact) mass is 357 g/mol. The molecule has 1 aromatic carbocycles. The van der Waals surface area contributed by atoms with E-state index in [1.54, 1.807) is 0 Å². The summed E-state index contributed by atoms with van der Waals surface area (Å²) in [6.45, 7) is 2.47. The minimum Gasteiger partial charge on any atom is -0.507 e. The number of aryl methyl sites for hydroxylation is 1. The predicted molar refractivity (Wildman–Crippen MR) is 85.1 cm³/mol. The maximum atomic E-state index is 12.8. The van der Waals surface area contributed by atoms with Gasteiger partial charge in [0.25, 0.3) is 0 Å². The molecule has 0 aliphatic heterocycles. The minimum atomic E-state index is -4.55. The Balaban J connectivity index is 2.25. The van der Waals surface area contributed by atoms with Crippen LogP contribution >= 0.6 is 0 Å². The highest BCUT2D eigenvalue weighted by atomic mass is 19.4. The highest BCUT2D eigenvalue weighted by Gasteiger charge is 2.32. The van der Waals surface area contributed by atoms with Crippen LogP contribution in [0.3, 0.4) is 0 Å². The second-order valence-electron chi connectivity index (χ2n) is 6.00. The van der Waals surface area contributed by atoms with Crippen molar-refractivity contribution in [1.29, 1.82) is 0 Å². The zero-order valence-electron chi connectivity index (χ0n) is 13.6. The minimum absolute atomic E-state index is 0.0298. The number of benzene rings is 1. The highest BCUT2D eigenvalue weighted by molar-refractivity contribution is 5.71. The molecule has 0 amide bonds. The Morgan fingerprint density at radius 1 is 1.16 bits per heavy atom. The molecule has 0 fully saturated rings. The molecule has 136 valence electrons. The lowest BCUT2D eigenvalue weighted by atomic mass is 10.0. The first kappa shape index (κ1) is 18.9. The van der Waals surface area contributed by atoms with Crippen LogP contribution in [0, 0.1) is 6.92 Å². The molecule has 4 N–H and O–H groups in total. The molecule has 25 heavy (non-hydrogen) atoms. The Labute approximate surface area is 142 Å². The zero-order valence-corrected chi connectivity index (χ0v) is 13.6. The number of phenolic OH excluding ortho intramolecular Hbond substituents is 1. The van der Waals surface area contributed by atoms with Crippen LogP contribution in [0.5, 0.6) is 5.75 Å². The average Bonchev–Trinajstić information content (AvgIpc) is 2.52. The quantitative estimate of drug-likeness (QED) is 0.656. The summed E-state index contributed by atoms with van der Waals surface area (Å²) >= 11 is 0. The third-order valence-electron chi connectivity index (χ3n) is 3.55. The van der Waals surface area contributed by atoms with Crippen molar-refractivity contribution in [2.75, 3.05) is 18.5 Å². The predicted octanol–water partition coefficient (Wildman–Crippen LogP) is 2.33. The van der Waals surface area contributed by atoms with Crippen LogP contribution in [-0.2, 0) is 6.18 Å². The van der Waals surface area contributed by atoms with Gasteiger partial charge in [0.2, 0.25) is 0 Å². The molecular formula is C16H18F3N3O3. The van der Waals surface area contributed by atoms with Crippen LogP contribution in [-0.4, -0.2) is 44.3 Å². The van der Waals surface area contributed by atoms with Crippen molar-refractivity contribution < 1.29 is 28.5 Å². The molecule has 0 spiro atoms. The van der Waals surface area contributed by atoms with Gasteiger partial charge in [0.15, 0.2) is 0 Å². The van der Waals surface area contributed by atoms with Crippen molar-refractivity contribution in [1.82, 2.24) is 10.2 Å². The van der Waals surface area contributed by atoms with Gasteiger partial charge in [-0.15, -0.1) is 10.2 Å². The van der Waals surface area contributed by atoms with E-state index in [9.17, 15) is 23.4 Å². The first-order valence-corrected chi connectivity index (χ1v) is 7.35. The van der Waals surface area contributed by atoms with Gasteiger partial charge in [-0.2, -0.15) is 13.2 Å². The number of aliphatic hydroxyl groups excluding tert-OH is 1. The fourth-order valence-electron chi connectivity index (χ4n) is 2.16. The number of hydrogen-bond acceptors (Lipinski definition) is 6. The maximum absolute atomic E-state index is 12.8. The summed E-state index contributed by atoms with van der Waals surface area (Å²) in [5.74, 6) is -0.230. The van der Waals surface area contributed by atoms with Crippen molar-refractivity contribution in [2.24, 2.45) is 0 Å². The lowest BCUT2D eigenvalue weighted by molar-refractivity contribution is -0.137. The summed E-state index contributed by atoms with van der Waals surface area (Å²) in [5, 5.41) is 39.2. The van der Waals surface area contributed by atoms with Gasteiger partial charge in [0.05, 0.1) is 17.9 Å². The highest BCUT2D eigenvalue weighted by Crippen LogP contribution is 2.38. The van der Waals surface area contributed by atoms with Crippen LogP contribution in [0.2, 0.25) is 0 Å². The van der Waals surface area contributed by atoms with E-state index in [0.717, 1.165) is 6.07 Å². The Bertz CT molecular complexity index is 724. The van der Waals surface area contributed by atoms with E-state index >= 15 is 0 Å². The van der Waals surface area contributed by atoms with E-state index in [-0.39, 0.29) is 23.4 Å². The van der Waals surface area contributed by atoms with Crippen LogP contribution < -0.4 is 5.32 Å². The number of nitrogens with zero attached hydrogens (tertiary/aromatic N) is 2. The molecule has 0 bridgehead atoms. The van der Waals surface area contributed by atoms with Crippen LogP contribution in [0.4, 0.5) is 19.0 Å². The summed E-state index contributed by atoms with van der Waals surface area (Å²) in [5.41, 5.74) is -1.69. The molecule has 1 atom stereocenters. The van der Waals surface area contributed by atoms with E-state index in [1.165, 1.54) is 26.0 Å². The van der Waals surface area contributed by atoms with Crippen molar-refractivity contribution >= 4 is 5.82 Å². The molecule has 1 aromatic heterocycles. The second-order valence-corrected chi connectivity index (χ2v) is 6.00. The summed E-state index contributed by atoms with van der Waals surface area (Å²) in [6, 6.07) is 4.57. The fraction of sp³-hybridized carbons (Fsp3) is 0.375. The number of aromatic hydroxyl groups is 1. The number of hydrogen-bond donors (Lipinski definition) is 4. The lowest BCUT2D eigenvalue weighted by Crippen LogP contribution is -2.37. The molecule has 2 rings (SSSR count). The van der Waals surface area contributed by atoms with Gasteiger partial charge in [-0.3, -0.25) is 0 Å². The molecule has 0 aliphatic rings. The maximum Gasteiger partial charge on any atom is 0.416 e. The zero-order chi connectivity index (χ0) is 18.8.